The molecule has 22 heavy (non-hydrogen) atoms. The fourth-order valence-corrected chi connectivity index (χ4v) is 4.20. The van der Waals surface area contributed by atoms with Gasteiger partial charge in [-0.25, -0.2) is 0 Å². The zero-order chi connectivity index (χ0) is 15.4. The summed E-state index contributed by atoms with van der Waals surface area (Å²) in [5, 5.41) is 3.61. The molecule has 0 spiro atoms. The Morgan fingerprint density at radius 2 is 2.05 bits per heavy atom. The number of hydrogen-bond donors (Lipinski definition) is 1. The van der Waals surface area contributed by atoms with Gasteiger partial charge in [-0.2, -0.15) is 0 Å². The molecule has 0 bridgehead atoms. The minimum atomic E-state index is 0.170. The molecule has 1 aliphatic heterocycles. The summed E-state index contributed by atoms with van der Waals surface area (Å²) in [7, 11) is 0. The highest BCUT2D eigenvalue weighted by Crippen LogP contribution is 2.24. The van der Waals surface area contributed by atoms with Crippen molar-refractivity contribution in [3.63, 3.8) is 0 Å². The average Bonchev–Trinajstić information content (AvgIpc) is 3.13. The minimum absolute atomic E-state index is 0.170. The lowest BCUT2D eigenvalue weighted by Gasteiger charge is -2.25. The molecule has 0 radical (unpaired) electrons. The maximum absolute atomic E-state index is 11.9. The molecule has 1 aliphatic rings. The normalized spacial score (nSPS) is 16.2. The van der Waals surface area contributed by atoms with Gasteiger partial charge in [0, 0.05) is 30.9 Å². The van der Waals surface area contributed by atoms with Crippen LogP contribution in [0.2, 0.25) is 0 Å². The number of amides is 1. The van der Waals surface area contributed by atoms with Crippen LogP contribution in [0.15, 0.2) is 46.3 Å². The van der Waals surface area contributed by atoms with Crippen molar-refractivity contribution in [2.45, 2.75) is 25.4 Å². The van der Waals surface area contributed by atoms with Crippen LogP contribution in [0.1, 0.15) is 29.3 Å². The van der Waals surface area contributed by atoms with Gasteiger partial charge in [0.2, 0.25) is 5.91 Å². The standard InChI is InChI=1S/C17H19BrN2OS/c18-16-9-8-14(22-16)11-19-15(13-5-2-1-3-6-13)12-20-10-4-7-17(20)21/h1-3,5-6,8-9,15,19H,4,7,10-12H2. The molecule has 1 saturated heterocycles. The van der Waals surface area contributed by atoms with Gasteiger partial charge in [-0.1, -0.05) is 30.3 Å². The molecule has 1 N–H and O–H groups in total. The second-order valence-corrected chi connectivity index (χ2v) is 8.04. The van der Waals surface area contributed by atoms with Gasteiger partial charge in [-0.15, -0.1) is 11.3 Å². The lowest BCUT2D eigenvalue weighted by atomic mass is 10.1. The summed E-state index contributed by atoms with van der Waals surface area (Å²) in [6.45, 7) is 2.45. The van der Waals surface area contributed by atoms with E-state index < -0.39 is 0 Å². The molecule has 5 heteroatoms. The van der Waals surface area contributed by atoms with Crippen LogP contribution in [0, 0.1) is 0 Å². The molecular weight excluding hydrogens is 360 g/mol. The Morgan fingerprint density at radius 1 is 1.23 bits per heavy atom. The maximum atomic E-state index is 11.9. The third-order valence-corrected chi connectivity index (χ3v) is 5.55. The summed E-state index contributed by atoms with van der Waals surface area (Å²) in [5.74, 6) is 0.279. The summed E-state index contributed by atoms with van der Waals surface area (Å²) in [6.07, 6.45) is 1.68. The lowest BCUT2D eigenvalue weighted by molar-refractivity contribution is -0.128. The van der Waals surface area contributed by atoms with Crippen LogP contribution in [0.4, 0.5) is 0 Å². The molecule has 0 saturated carbocycles. The second-order valence-electron chi connectivity index (χ2n) is 5.49. The Labute approximate surface area is 143 Å². The highest BCUT2D eigenvalue weighted by molar-refractivity contribution is 9.11. The Hall–Kier alpha value is -1.17. The van der Waals surface area contributed by atoms with Crippen molar-refractivity contribution >= 4 is 33.2 Å². The van der Waals surface area contributed by atoms with Crippen molar-refractivity contribution in [2.75, 3.05) is 13.1 Å². The molecule has 116 valence electrons. The lowest BCUT2D eigenvalue weighted by Crippen LogP contribution is -2.35. The van der Waals surface area contributed by atoms with E-state index in [1.54, 1.807) is 11.3 Å². The van der Waals surface area contributed by atoms with Crippen LogP contribution in [0.5, 0.6) is 0 Å². The van der Waals surface area contributed by atoms with Crippen LogP contribution < -0.4 is 5.32 Å². The number of benzene rings is 1. The molecule has 0 aliphatic carbocycles. The van der Waals surface area contributed by atoms with Crippen LogP contribution in [-0.4, -0.2) is 23.9 Å². The number of carbonyl (C=O) groups excluding carboxylic acids is 1. The fraction of sp³-hybridized carbons (Fsp3) is 0.353. The average molecular weight is 379 g/mol. The molecule has 3 rings (SSSR count). The number of halogens is 1. The second kappa shape index (κ2) is 7.40. The number of rotatable bonds is 6. The SMILES string of the molecule is O=C1CCCN1CC(NCc1ccc(Br)s1)c1ccccc1. The highest BCUT2D eigenvalue weighted by Gasteiger charge is 2.24. The van der Waals surface area contributed by atoms with E-state index in [2.05, 4.69) is 57.6 Å². The Morgan fingerprint density at radius 3 is 2.68 bits per heavy atom. The number of carbonyl (C=O) groups is 1. The molecule has 2 aromatic rings. The topological polar surface area (TPSA) is 32.3 Å². The van der Waals surface area contributed by atoms with Crippen molar-refractivity contribution in [1.29, 1.82) is 0 Å². The molecule has 2 heterocycles. The molecule has 1 aromatic carbocycles. The first kappa shape index (κ1) is 15.7. The largest absolute Gasteiger partial charge is 0.341 e. The first-order valence-corrected chi connectivity index (χ1v) is 9.13. The van der Waals surface area contributed by atoms with Crippen molar-refractivity contribution in [1.82, 2.24) is 10.2 Å². The monoisotopic (exact) mass is 378 g/mol. The van der Waals surface area contributed by atoms with Crippen molar-refractivity contribution in [3.05, 3.63) is 56.7 Å². The van der Waals surface area contributed by atoms with E-state index in [-0.39, 0.29) is 11.9 Å². The van der Waals surface area contributed by atoms with Gasteiger partial charge in [0.25, 0.3) is 0 Å². The van der Waals surface area contributed by atoms with E-state index in [0.717, 1.165) is 29.8 Å². The van der Waals surface area contributed by atoms with Gasteiger partial charge in [-0.3, -0.25) is 4.79 Å². The number of likely N-dealkylation sites (tertiary alicyclic amines) is 1. The van der Waals surface area contributed by atoms with Crippen LogP contribution in [-0.2, 0) is 11.3 Å². The minimum Gasteiger partial charge on any atom is -0.341 e. The van der Waals surface area contributed by atoms with Gasteiger partial charge < -0.3 is 10.2 Å². The number of nitrogens with one attached hydrogen (secondary N) is 1. The van der Waals surface area contributed by atoms with E-state index in [0.29, 0.717) is 6.42 Å². The van der Waals surface area contributed by atoms with Crippen molar-refractivity contribution in [2.24, 2.45) is 0 Å². The molecule has 1 amide bonds. The zero-order valence-corrected chi connectivity index (χ0v) is 14.7. The smallest absolute Gasteiger partial charge is 0.222 e. The van der Waals surface area contributed by atoms with E-state index in [9.17, 15) is 4.79 Å². The van der Waals surface area contributed by atoms with Crippen LogP contribution in [0.25, 0.3) is 0 Å². The van der Waals surface area contributed by atoms with Gasteiger partial charge in [0.05, 0.1) is 9.83 Å². The van der Waals surface area contributed by atoms with E-state index in [4.69, 9.17) is 0 Å². The summed E-state index contributed by atoms with van der Waals surface area (Å²) in [6, 6.07) is 14.8. The van der Waals surface area contributed by atoms with Gasteiger partial charge in [0.15, 0.2) is 0 Å². The van der Waals surface area contributed by atoms with Gasteiger partial charge >= 0.3 is 0 Å². The number of nitrogens with zero attached hydrogens (tertiary/aromatic N) is 1. The quantitative estimate of drug-likeness (QED) is 0.824. The maximum Gasteiger partial charge on any atom is 0.222 e. The summed E-state index contributed by atoms with van der Waals surface area (Å²) < 4.78 is 1.15. The van der Waals surface area contributed by atoms with Crippen molar-refractivity contribution in [3.8, 4) is 0 Å². The third kappa shape index (κ3) is 3.97. The third-order valence-electron chi connectivity index (χ3n) is 3.93. The Balaban J connectivity index is 1.69. The number of thiophene rings is 1. The first-order chi connectivity index (χ1) is 10.7. The molecular formula is C17H19BrN2OS. The van der Waals surface area contributed by atoms with Gasteiger partial charge in [0.1, 0.15) is 0 Å². The first-order valence-electron chi connectivity index (χ1n) is 7.53. The summed E-state index contributed by atoms with van der Waals surface area (Å²) in [5.41, 5.74) is 1.23. The fourth-order valence-electron chi connectivity index (χ4n) is 2.76. The van der Waals surface area contributed by atoms with Gasteiger partial charge in [-0.05, 0) is 40.0 Å². The van der Waals surface area contributed by atoms with Crippen LogP contribution in [0.3, 0.4) is 0 Å². The van der Waals surface area contributed by atoms with Crippen molar-refractivity contribution < 1.29 is 4.79 Å². The highest BCUT2D eigenvalue weighted by atomic mass is 79.9. The van der Waals surface area contributed by atoms with E-state index in [1.165, 1.54) is 10.4 Å². The predicted molar refractivity (Wildman–Crippen MR) is 93.9 cm³/mol. The van der Waals surface area contributed by atoms with E-state index in [1.807, 2.05) is 11.0 Å². The van der Waals surface area contributed by atoms with Crippen LogP contribution >= 0.6 is 27.3 Å². The molecule has 1 fully saturated rings. The summed E-state index contributed by atoms with van der Waals surface area (Å²) >= 11 is 5.24. The zero-order valence-electron chi connectivity index (χ0n) is 12.3. The number of hydrogen-bond acceptors (Lipinski definition) is 3. The van der Waals surface area contributed by atoms with E-state index >= 15 is 0 Å². The molecule has 1 aromatic heterocycles. The molecule has 1 unspecified atom stereocenters. The Bertz CT molecular complexity index is 629. The molecule has 3 nitrogen and oxygen atoms in total. The molecule has 1 atom stereocenters. The summed E-state index contributed by atoms with van der Waals surface area (Å²) in [4.78, 5) is 15.2. The Kier molecular flexibility index (Phi) is 5.28. The predicted octanol–water partition coefficient (Wildman–Crippen LogP) is 3.96.